The number of unbranched alkanes of at least 4 members (excludes halogenated alkanes) is 1. The highest BCUT2D eigenvalue weighted by molar-refractivity contribution is 5.13. The van der Waals surface area contributed by atoms with Gasteiger partial charge >= 0.3 is 0 Å². The Hall–Kier alpha value is -0.940. The van der Waals surface area contributed by atoms with E-state index < -0.39 is 0 Å². The van der Waals surface area contributed by atoms with Crippen molar-refractivity contribution in [2.75, 3.05) is 20.8 Å². The summed E-state index contributed by atoms with van der Waals surface area (Å²) < 4.78 is 22.8. The standard InChI is InChI=1S/C19H30O4/c1-15-17(11-7-8-12-20-2)23-19(21-3)13-18(15)22-14-16-9-5-4-6-10-16/h4-6,9-10,15,17-19H,7-8,11-14H2,1-3H3/t15-,17+,18-,19+/m0/s1. The Bertz CT molecular complexity index is 423. The molecule has 1 aromatic rings. The highest BCUT2D eigenvalue weighted by Crippen LogP contribution is 2.31. The highest BCUT2D eigenvalue weighted by Gasteiger charge is 2.36. The summed E-state index contributed by atoms with van der Waals surface area (Å²) in [5, 5.41) is 0. The van der Waals surface area contributed by atoms with Gasteiger partial charge in [0.15, 0.2) is 6.29 Å². The number of rotatable bonds is 9. The molecular weight excluding hydrogens is 292 g/mol. The van der Waals surface area contributed by atoms with E-state index in [-0.39, 0.29) is 18.5 Å². The molecule has 0 bridgehead atoms. The zero-order chi connectivity index (χ0) is 16.5. The summed E-state index contributed by atoms with van der Waals surface area (Å²) in [5.41, 5.74) is 1.21. The molecule has 4 nitrogen and oxygen atoms in total. The molecule has 0 unspecified atom stereocenters. The van der Waals surface area contributed by atoms with Crippen molar-refractivity contribution in [3.8, 4) is 0 Å². The minimum atomic E-state index is -0.167. The van der Waals surface area contributed by atoms with Crippen LogP contribution in [0.15, 0.2) is 30.3 Å². The first kappa shape index (κ1) is 18.4. The van der Waals surface area contributed by atoms with Gasteiger partial charge in [-0.3, -0.25) is 0 Å². The van der Waals surface area contributed by atoms with Gasteiger partial charge in [-0.05, 0) is 24.8 Å². The highest BCUT2D eigenvalue weighted by atomic mass is 16.7. The molecule has 130 valence electrons. The molecule has 4 atom stereocenters. The number of hydrogen-bond acceptors (Lipinski definition) is 4. The van der Waals surface area contributed by atoms with E-state index in [2.05, 4.69) is 19.1 Å². The zero-order valence-corrected chi connectivity index (χ0v) is 14.6. The molecule has 0 aromatic heterocycles. The summed E-state index contributed by atoms with van der Waals surface area (Å²) in [5.74, 6) is 0.368. The van der Waals surface area contributed by atoms with Crippen LogP contribution in [0, 0.1) is 5.92 Å². The largest absolute Gasteiger partial charge is 0.385 e. The lowest BCUT2D eigenvalue weighted by Crippen LogP contribution is -2.44. The maximum atomic E-state index is 6.19. The van der Waals surface area contributed by atoms with Gasteiger partial charge in [0.25, 0.3) is 0 Å². The van der Waals surface area contributed by atoms with E-state index in [0.29, 0.717) is 12.5 Å². The van der Waals surface area contributed by atoms with Gasteiger partial charge in [-0.25, -0.2) is 0 Å². The molecule has 0 saturated carbocycles. The molecule has 0 spiro atoms. The van der Waals surface area contributed by atoms with Crippen LogP contribution in [0.5, 0.6) is 0 Å². The molecule has 1 aliphatic rings. The SMILES string of the molecule is COCCCC[C@H]1O[C@@H](OC)C[C@H](OCc2ccccc2)[C@H]1C. The summed E-state index contributed by atoms with van der Waals surface area (Å²) in [6, 6.07) is 10.3. The molecule has 1 aliphatic heterocycles. The Kier molecular flexibility index (Phi) is 8.03. The summed E-state index contributed by atoms with van der Waals surface area (Å²) >= 11 is 0. The van der Waals surface area contributed by atoms with Gasteiger partial charge in [-0.1, -0.05) is 37.3 Å². The van der Waals surface area contributed by atoms with Crippen LogP contribution in [0.4, 0.5) is 0 Å². The van der Waals surface area contributed by atoms with E-state index in [1.165, 1.54) is 5.56 Å². The lowest BCUT2D eigenvalue weighted by atomic mass is 9.89. The molecule has 1 aromatic carbocycles. The van der Waals surface area contributed by atoms with Crippen LogP contribution in [0.25, 0.3) is 0 Å². The van der Waals surface area contributed by atoms with E-state index in [0.717, 1.165) is 32.3 Å². The van der Waals surface area contributed by atoms with Crippen molar-refractivity contribution in [3.05, 3.63) is 35.9 Å². The summed E-state index contributed by atoms with van der Waals surface area (Å²) in [4.78, 5) is 0. The van der Waals surface area contributed by atoms with Crippen LogP contribution in [-0.2, 0) is 25.6 Å². The molecule has 23 heavy (non-hydrogen) atoms. The third kappa shape index (κ3) is 5.88. The Morgan fingerprint density at radius 1 is 1.13 bits per heavy atom. The van der Waals surface area contributed by atoms with Gasteiger partial charge in [0.05, 0.1) is 18.8 Å². The van der Waals surface area contributed by atoms with E-state index in [4.69, 9.17) is 18.9 Å². The molecule has 1 heterocycles. The van der Waals surface area contributed by atoms with Gasteiger partial charge in [-0.2, -0.15) is 0 Å². The first-order valence-corrected chi connectivity index (χ1v) is 8.57. The van der Waals surface area contributed by atoms with Crippen molar-refractivity contribution in [2.45, 2.75) is 57.7 Å². The van der Waals surface area contributed by atoms with E-state index >= 15 is 0 Å². The molecule has 2 rings (SSSR count). The van der Waals surface area contributed by atoms with Crippen LogP contribution in [0.2, 0.25) is 0 Å². The topological polar surface area (TPSA) is 36.9 Å². The summed E-state index contributed by atoms with van der Waals surface area (Å²) in [7, 11) is 3.45. The van der Waals surface area contributed by atoms with Crippen LogP contribution in [0.1, 0.15) is 38.2 Å². The second-order valence-corrected chi connectivity index (χ2v) is 6.26. The van der Waals surface area contributed by atoms with Crippen LogP contribution in [0.3, 0.4) is 0 Å². The first-order chi connectivity index (χ1) is 11.2. The maximum Gasteiger partial charge on any atom is 0.160 e. The van der Waals surface area contributed by atoms with Gasteiger partial charge < -0.3 is 18.9 Å². The fourth-order valence-electron chi connectivity index (χ4n) is 3.09. The Balaban J connectivity index is 1.86. The Labute approximate surface area is 140 Å². The monoisotopic (exact) mass is 322 g/mol. The van der Waals surface area contributed by atoms with Crippen molar-refractivity contribution < 1.29 is 18.9 Å². The minimum absolute atomic E-state index is 0.167. The molecule has 1 fully saturated rings. The molecule has 0 aliphatic carbocycles. The molecule has 0 N–H and O–H groups in total. The van der Waals surface area contributed by atoms with Crippen LogP contribution < -0.4 is 0 Å². The minimum Gasteiger partial charge on any atom is -0.385 e. The van der Waals surface area contributed by atoms with Crippen molar-refractivity contribution in [3.63, 3.8) is 0 Å². The lowest BCUT2D eigenvalue weighted by Gasteiger charge is -2.40. The van der Waals surface area contributed by atoms with E-state index in [1.54, 1.807) is 14.2 Å². The summed E-state index contributed by atoms with van der Waals surface area (Å²) in [6.07, 6.45) is 4.17. The van der Waals surface area contributed by atoms with Crippen molar-refractivity contribution in [2.24, 2.45) is 5.92 Å². The first-order valence-electron chi connectivity index (χ1n) is 8.57. The van der Waals surface area contributed by atoms with Gasteiger partial charge in [0.1, 0.15) is 0 Å². The number of ether oxygens (including phenoxy) is 4. The zero-order valence-electron chi connectivity index (χ0n) is 14.6. The smallest absolute Gasteiger partial charge is 0.160 e. The average molecular weight is 322 g/mol. The van der Waals surface area contributed by atoms with Crippen molar-refractivity contribution >= 4 is 0 Å². The van der Waals surface area contributed by atoms with Gasteiger partial charge in [-0.15, -0.1) is 0 Å². The second-order valence-electron chi connectivity index (χ2n) is 6.26. The average Bonchev–Trinajstić information content (AvgIpc) is 2.59. The fraction of sp³-hybridized carbons (Fsp3) is 0.684. The third-order valence-corrected chi connectivity index (χ3v) is 4.58. The Morgan fingerprint density at radius 2 is 1.91 bits per heavy atom. The quantitative estimate of drug-likeness (QED) is 0.648. The number of benzene rings is 1. The van der Waals surface area contributed by atoms with Gasteiger partial charge in [0.2, 0.25) is 0 Å². The number of hydrogen-bond donors (Lipinski definition) is 0. The van der Waals surface area contributed by atoms with Crippen molar-refractivity contribution in [1.29, 1.82) is 0 Å². The second kappa shape index (κ2) is 10.0. The molecule has 0 amide bonds. The molecular formula is C19H30O4. The predicted octanol–water partition coefficient (Wildman–Crippen LogP) is 3.79. The Morgan fingerprint density at radius 3 is 2.61 bits per heavy atom. The van der Waals surface area contributed by atoms with Crippen LogP contribution in [-0.4, -0.2) is 39.3 Å². The molecule has 0 radical (unpaired) electrons. The van der Waals surface area contributed by atoms with Gasteiger partial charge in [0, 0.05) is 33.2 Å². The maximum absolute atomic E-state index is 6.19. The normalized spacial score (nSPS) is 28.0. The van der Waals surface area contributed by atoms with Crippen LogP contribution >= 0.6 is 0 Å². The molecule has 4 heteroatoms. The van der Waals surface area contributed by atoms with E-state index in [9.17, 15) is 0 Å². The third-order valence-electron chi connectivity index (χ3n) is 4.58. The summed E-state index contributed by atoms with van der Waals surface area (Å²) in [6.45, 7) is 3.67. The number of methoxy groups -OCH3 is 2. The van der Waals surface area contributed by atoms with Crippen molar-refractivity contribution in [1.82, 2.24) is 0 Å². The lowest BCUT2D eigenvalue weighted by molar-refractivity contribution is -0.234. The predicted molar refractivity (Wildman–Crippen MR) is 90.2 cm³/mol. The van der Waals surface area contributed by atoms with E-state index in [1.807, 2.05) is 18.2 Å². The molecule has 1 saturated heterocycles. The fourth-order valence-corrected chi connectivity index (χ4v) is 3.09.